The highest BCUT2D eigenvalue weighted by atomic mass is 35.5. The summed E-state index contributed by atoms with van der Waals surface area (Å²) >= 11 is 6.20. The Hall–Kier alpha value is -2.06. The minimum absolute atomic E-state index is 0.683. The van der Waals surface area contributed by atoms with Crippen molar-refractivity contribution in [1.29, 1.82) is 0 Å². The molecule has 106 valence electrons. The van der Waals surface area contributed by atoms with E-state index in [1.807, 2.05) is 24.3 Å². The summed E-state index contributed by atoms with van der Waals surface area (Å²) in [7, 11) is 0. The van der Waals surface area contributed by atoms with Crippen molar-refractivity contribution in [3.63, 3.8) is 0 Å². The maximum Gasteiger partial charge on any atom is 0.0908 e. The first-order valence-electron chi connectivity index (χ1n) is 6.98. The molecule has 0 aliphatic carbocycles. The molecule has 0 unspecified atom stereocenters. The predicted octanol–water partition coefficient (Wildman–Crippen LogP) is 5.12. The van der Waals surface area contributed by atoms with Crippen LogP contribution in [0.5, 0.6) is 0 Å². The third kappa shape index (κ3) is 2.86. The van der Waals surface area contributed by atoms with E-state index in [1.165, 1.54) is 16.7 Å². The van der Waals surface area contributed by atoms with Gasteiger partial charge in [0.25, 0.3) is 0 Å². The standard InChI is InChI=1S/C18H17ClN2/c1-12-5-6-13(2)14(10-12)11-21-17-8-7-16(19)18-15(17)4-3-9-20-18/h3-10,21H,11H2,1-2H3. The fourth-order valence-electron chi connectivity index (χ4n) is 2.47. The van der Waals surface area contributed by atoms with Gasteiger partial charge in [0.1, 0.15) is 0 Å². The smallest absolute Gasteiger partial charge is 0.0908 e. The molecule has 0 aliphatic rings. The summed E-state index contributed by atoms with van der Waals surface area (Å²) in [4.78, 5) is 4.36. The van der Waals surface area contributed by atoms with E-state index < -0.39 is 0 Å². The van der Waals surface area contributed by atoms with Crippen LogP contribution in [0.15, 0.2) is 48.7 Å². The lowest BCUT2D eigenvalue weighted by Gasteiger charge is -2.12. The van der Waals surface area contributed by atoms with Gasteiger partial charge in [-0.1, -0.05) is 35.4 Å². The van der Waals surface area contributed by atoms with Gasteiger partial charge < -0.3 is 5.32 Å². The van der Waals surface area contributed by atoms with E-state index in [1.54, 1.807) is 6.20 Å². The van der Waals surface area contributed by atoms with E-state index in [0.29, 0.717) is 5.02 Å². The number of rotatable bonds is 3. The Labute approximate surface area is 129 Å². The van der Waals surface area contributed by atoms with Crippen molar-refractivity contribution in [1.82, 2.24) is 4.98 Å². The number of hydrogen-bond acceptors (Lipinski definition) is 2. The maximum absolute atomic E-state index is 6.20. The molecule has 0 atom stereocenters. The molecule has 0 radical (unpaired) electrons. The zero-order chi connectivity index (χ0) is 14.8. The lowest BCUT2D eigenvalue weighted by molar-refractivity contribution is 1.11. The van der Waals surface area contributed by atoms with Gasteiger partial charge in [0.15, 0.2) is 0 Å². The predicted molar refractivity (Wildman–Crippen MR) is 90.0 cm³/mol. The lowest BCUT2D eigenvalue weighted by Crippen LogP contribution is -2.02. The number of fused-ring (bicyclic) bond motifs is 1. The highest BCUT2D eigenvalue weighted by Gasteiger charge is 2.06. The third-order valence-electron chi connectivity index (χ3n) is 3.69. The van der Waals surface area contributed by atoms with Gasteiger partial charge in [-0.25, -0.2) is 0 Å². The van der Waals surface area contributed by atoms with E-state index in [9.17, 15) is 0 Å². The number of hydrogen-bond donors (Lipinski definition) is 1. The molecule has 0 saturated heterocycles. The highest BCUT2D eigenvalue weighted by Crippen LogP contribution is 2.28. The number of nitrogens with zero attached hydrogens (tertiary/aromatic N) is 1. The van der Waals surface area contributed by atoms with Gasteiger partial charge in [-0.05, 0) is 49.2 Å². The summed E-state index contributed by atoms with van der Waals surface area (Å²) in [5.74, 6) is 0. The Balaban J connectivity index is 1.92. The molecule has 3 heteroatoms. The van der Waals surface area contributed by atoms with Gasteiger partial charge in [0.2, 0.25) is 0 Å². The number of aryl methyl sites for hydroxylation is 2. The lowest BCUT2D eigenvalue weighted by atomic mass is 10.1. The number of pyridine rings is 1. The van der Waals surface area contributed by atoms with Gasteiger partial charge in [0.05, 0.1) is 10.5 Å². The Morgan fingerprint density at radius 2 is 1.95 bits per heavy atom. The summed E-state index contributed by atoms with van der Waals surface area (Å²) in [5, 5.41) is 5.24. The maximum atomic E-state index is 6.20. The van der Waals surface area contributed by atoms with Gasteiger partial charge in [0, 0.05) is 23.8 Å². The van der Waals surface area contributed by atoms with E-state index in [0.717, 1.165) is 23.1 Å². The molecule has 0 fully saturated rings. The molecule has 1 aromatic heterocycles. The number of anilines is 1. The molecule has 3 rings (SSSR count). The van der Waals surface area contributed by atoms with Crippen LogP contribution in [-0.2, 0) is 6.54 Å². The second-order valence-electron chi connectivity index (χ2n) is 5.28. The van der Waals surface area contributed by atoms with Gasteiger partial charge in [-0.2, -0.15) is 0 Å². The molecule has 21 heavy (non-hydrogen) atoms. The first-order chi connectivity index (χ1) is 10.1. The molecule has 3 aromatic rings. The van der Waals surface area contributed by atoms with Crippen molar-refractivity contribution >= 4 is 28.2 Å². The minimum atomic E-state index is 0.683. The summed E-state index contributed by atoms with van der Waals surface area (Å²) < 4.78 is 0. The Kier molecular flexibility index (Phi) is 3.80. The molecule has 0 aliphatic heterocycles. The molecular formula is C18H17ClN2. The molecule has 1 heterocycles. The molecule has 0 spiro atoms. The fourth-order valence-corrected chi connectivity index (χ4v) is 2.69. The van der Waals surface area contributed by atoms with Crippen molar-refractivity contribution < 1.29 is 0 Å². The quantitative estimate of drug-likeness (QED) is 0.726. The average Bonchev–Trinajstić information content (AvgIpc) is 2.50. The van der Waals surface area contributed by atoms with Crippen molar-refractivity contribution in [2.75, 3.05) is 5.32 Å². The summed E-state index contributed by atoms with van der Waals surface area (Å²) in [5.41, 5.74) is 5.78. The van der Waals surface area contributed by atoms with Crippen LogP contribution in [0.4, 0.5) is 5.69 Å². The van der Waals surface area contributed by atoms with Crippen LogP contribution in [0.1, 0.15) is 16.7 Å². The van der Waals surface area contributed by atoms with E-state index in [2.05, 4.69) is 42.3 Å². The summed E-state index contributed by atoms with van der Waals surface area (Å²) in [6.07, 6.45) is 1.77. The zero-order valence-electron chi connectivity index (χ0n) is 12.2. The first kappa shape index (κ1) is 13.9. The molecule has 2 nitrogen and oxygen atoms in total. The highest BCUT2D eigenvalue weighted by molar-refractivity contribution is 6.35. The van der Waals surface area contributed by atoms with Crippen molar-refractivity contribution in [3.8, 4) is 0 Å². The van der Waals surface area contributed by atoms with Crippen LogP contribution < -0.4 is 5.32 Å². The number of nitrogens with one attached hydrogen (secondary N) is 1. The van der Waals surface area contributed by atoms with Crippen LogP contribution >= 0.6 is 11.6 Å². The molecule has 2 aromatic carbocycles. The SMILES string of the molecule is Cc1ccc(C)c(CNc2ccc(Cl)c3ncccc23)c1. The van der Waals surface area contributed by atoms with Crippen molar-refractivity contribution in [2.45, 2.75) is 20.4 Å². The van der Waals surface area contributed by atoms with Crippen molar-refractivity contribution in [2.24, 2.45) is 0 Å². The Morgan fingerprint density at radius 3 is 2.81 bits per heavy atom. The summed E-state index contributed by atoms with van der Waals surface area (Å²) in [6.45, 7) is 5.04. The van der Waals surface area contributed by atoms with Crippen molar-refractivity contribution in [3.05, 3.63) is 70.4 Å². The zero-order valence-corrected chi connectivity index (χ0v) is 12.9. The monoisotopic (exact) mass is 296 g/mol. The first-order valence-corrected chi connectivity index (χ1v) is 7.36. The Bertz CT molecular complexity index is 796. The van der Waals surface area contributed by atoms with Crippen LogP contribution in [0, 0.1) is 13.8 Å². The van der Waals surface area contributed by atoms with Gasteiger partial charge in [-0.15, -0.1) is 0 Å². The minimum Gasteiger partial charge on any atom is -0.380 e. The molecular weight excluding hydrogens is 280 g/mol. The van der Waals surface area contributed by atoms with E-state index in [4.69, 9.17) is 11.6 Å². The van der Waals surface area contributed by atoms with Crippen LogP contribution in [0.2, 0.25) is 5.02 Å². The van der Waals surface area contributed by atoms with Crippen LogP contribution in [-0.4, -0.2) is 4.98 Å². The van der Waals surface area contributed by atoms with E-state index in [-0.39, 0.29) is 0 Å². The molecule has 0 amide bonds. The molecule has 0 saturated carbocycles. The largest absolute Gasteiger partial charge is 0.380 e. The van der Waals surface area contributed by atoms with Gasteiger partial charge in [-0.3, -0.25) is 4.98 Å². The fraction of sp³-hybridized carbons (Fsp3) is 0.167. The molecule has 0 bridgehead atoms. The normalized spacial score (nSPS) is 10.8. The van der Waals surface area contributed by atoms with Crippen LogP contribution in [0.3, 0.4) is 0 Å². The van der Waals surface area contributed by atoms with Gasteiger partial charge >= 0.3 is 0 Å². The Morgan fingerprint density at radius 1 is 1.10 bits per heavy atom. The second-order valence-corrected chi connectivity index (χ2v) is 5.69. The average molecular weight is 297 g/mol. The number of halogens is 1. The second kappa shape index (κ2) is 5.74. The topological polar surface area (TPSA) is 24.9 Å². The summed E-state index contributed by atoms with van der Waals surface area (Å²) in [6, 6.07) is 14.4. The number of aromatic nitrogens is 1. The van der Waals surface area contributed by atoms with E-state index >= 15 is 0 Å². The third-order valence-corrected chi connectivity index (χ3v) is 4.00. The number of benzene rings is 2. The molecule has 1 N–H and O–H groups in total. The van der Waals surface area contributed by atoms with Crippen LogP contribution in [0.25, 0.3) is 10.9 Å².